The molecule has 0 saturated carbocycles. The predicted octanol–water partition coefficient (Wildman–Crippen LogP) is 3.56. The summed E-state index contributed by atoms with van der Waals surface area (Å²) in [6.45, 7) is 2.17. The zero-order valence-electron chi connectivity index (χ0n) is 6.10. The first-order valence-electron chi connectivity index (χ1n) is 3.54. The average molecular weight is 199 g/mol. The maximum Gasteiger partial charge on any atom is -0.000885 e. The van der Waals surface area contributed by atoms with E-state index in [4.69, 9.17) is 0 Å². The van der Waals surface area contributed by atoms with Crippen LogP contribution in [0.15, 0.2) is 34.4 Å². The van der Waals surface area contributed by atoms with Crippen LogP contribution in [0.1, 0.15) is 19.8 Å². The molecule has 0 heterocycles. The summed E-state index contributed by atoms with van der Waals surface area (Å²) in [5, 5.41) is 0. The summed E-state index contributed by atoms with van der Waals surface area (Å²) in [4.78, 5) is 0. The van der Waals surface area contributed by atoms with Crippen molar-refractivity contribution in [2.45, 2.75) is 19.8 Å². The van der Waals surface area contributed by atoms with E-state index in [1.54, 1.807) is 0 Å². The summed E-state index contributed by atoms with van der Waals surface area (Å²) < 4.78 is 1.27. The fourth-order valence-corrected chi connectivity index (χ4v) is 1.38. The third-order valence-electron chi connectivity index (χ3n) is 1.51. The van der Waals surface area contributed by atoms with E-state index in [-0.39, 0.29) is 0 Å². The Kier molecular flexibility index (Phi) is 2.94. The average Bonchev–Trinajstić information content (AvgIpc) is 2.13. The van der Waals surface area contributed by atoms with E-state index < -0.39 is 0 Å². The van der Waals surface area contributed by atoms with Crippen molar-refractivity contribution < 1.29 is 0 Å². The van der Waals surface area contributed by atoms with Gasteiger partial charge in [0.1, 0.15) is 0 Å². The Morgan fingerprint density at radius 2 is 2.40 bits per heavy atom. The van der Waals surface area contributed by atoms with Crippen LogP contribution < -0.4 is 0 Å². The van der Waals surface area contributed by atoms with Crippen LogP contribution in [0.4, 0.5) is 0 Å². The van der Waals surface area contributed by atoms with E-state index in [1.807, 2.05) is 0 Å². The van der Waals surface area contributed by atoms with Crippen LogP contribution in [-0.4, -0.2) is 0 Å². The molecule has 10 heavy (non-hydrogen) atoms. The minimum Gasteiger partial charge on any atom is -0.0796 e. The van der Waals surface area contributed by atoms with E-state index in [0.717, 1.165) is 12.8 Å². The van der Waals surface area contributed by atoms with Crippen LogP contribution in [0.3, 0.4) is 0 Å². The van der Waals surface area contributed by atoms with Gasteiger partial charge >= 0.3 is 0 Å². The molecule has 1 rings (SSSR count). The van der Waals surface area contributed by atoms with Crippen molar-refractivity contribution >= 4 is 15.9 Å². The normalized spacial score (nSPS) is 17.8. The van der Waals surface area contributed by atoms with Crippen LogP contribution >= 0.6 is 15.9 Å². The summed E-state index contributed by atoms with van der Waals surface area (Å²) >= 11 is 3.49. The van der Waals surface area contributed by atoms with Crippen LogP contribution in [0.25, 0.3) is 0 Å². The summed E-state index contributed by atoms with van der Waals surface area (Å²) in [5.74, 6) is 0. The zero-order valence-corrected chi connectivity index (χ0v) is 7.69. The second-order valence-corrected chi connectivity index (χ2v) is 3.34. The molecule has 0 saturated heterocycles. The van der Waals surface area contributed by atoms with E-state index >= 15 is 0 Å². The molecule has 0 amide bonds. The molecule has 0 spiro atoms. The molecular weight excluding hydrogens is 188 g/mol. The number of halogens is 1. The molecule has 1 aliphatic carbocycles. The van der Waals surface area contributed by atoms with Crippen molar-refractivity contribution in [3.63, 3.8) is 0 Å². The largest absolute Gasteiger partial charge is 0.0796 e. The Labute approximate surface area is 70.5 Å². The van der Waals surface area contributed by atoms with Crippen molar-refractivity contribution in [2.75, 3.05) is 0 Å². The minimum absolute atomic E-state index is 1.03. The second kappa shape index (κ2) is 3.77. The summed E-state index contributed by atoms with van der Waals surface area (Å²) in [6, 6.07) is 0. The first kappa shape index (κ1) is 7.80. The molecule has 0 bridgehead atoms. The number of rotatable bonds is 1. The Balaban J connectivity index is 2.78. The third kappa shape index (κ3) is 2.14. The van der Waals surface area contributed by atoms with E-state index in [2.05, 4.69) is 47.2 Å². The standard InChI is InChI=1S/C9H11Br/c1-2-8-5-3-4-6-9(10)7-8/h3-5,7H,2,6H2,1H3. The quantitative estimate of drug-likeness (QED) is 0.605. The second-order valence-electron chi connectivity index (χ2n) is 2.32. The summed E-state index contributed by atoms with van der Waals surface area (Å²) in [7, 11) is 0. The first-order valence-corrected chi connectivity index (χ1v) is 4.34. The highest BCUT2D eigenvalue weighted by Crippen LogP contribution is 2.18. The van der Waals surface area contributed by atoms with Gasteiger partial charge in [0.05, 0.1) is 0 Å². The Bertz CT molecular complexity index is 194. The van der Waals surface area contributed by atoms with Gasteiger partial charge in [0, 0.05) is 0 Å². The lowest BCUT2D eigenvalue weighted by atomic mass is 10.2. The van der Waals surface area contributed by atoms with Gasteiger partial charge in [-0.2, -0.15) is 0 Å². The Morgan fingerprint density at radius 3 is 3.10 bits per heavy atom. The van der Waals surface area contributed by atoms with Gasteiger partial charge < -0.3 is 0 Å². The monoisotopic (exact) mass is 198 g/mol. The topological polar surface area (TPSA) is 0 Å². The van der Waals surface area contributed by atoms with Crippen molar-refractivity contribution in [3.05, 3.63) is 34.4 Å². The first-order chi connectivity index (χ1) is 4.83. The van der Waals surface area contributed by atoms with Gasteiger partial charge in [0.15, 0.2) is 0 Å². The van der Waals surface area contributed by atoms with Crippen LogP contribution in [-0.2, 0) is 0 Å². The highest BCUT2D eigenvalue weighted by atomic mass is 79.9. The number of hydrogen-bond donors (Lipinski definition) is 0. The Hall–Kier alpha value is -0.300. The SMILES string of the molecule is CCC1=CC=CCC(Br)=C1. The summed E-state index contributed by atoms with van der Waals surface area (Å²) in [6.07, 6.45) is 10.8. The molecular formula is C9H11Br. The number of allylic oxidation sites excluding steroid dienone is 6. The Morgan fingerprint density at radius 1 is 1.60 bits per heavy atom. The van der Waals surface area contributed by atoms with Crippen molar-refractivity contribution in [3.8, 4) is 0 Å². The molecule has 0 fully saturated rings. The van der Waals surface area contributed by atoms with E-state index in [9.17, 15) is 0 Å². The molecule has 0 aromatic heterocycles. The minimum atomic E-state index is 1.03. The zero-order chi connectivity index (χ0) is 7.40. The van der Waals surface area contributed by atoms with Gasteiger partial charge in [0.25, 0.3) is 0 Å². The molecule has 0 aliphatic heterocycles. The van der Waals surface area contributed by atoms with Crippen LogP contribution in [0.5, 0.6) is 0 Å². The highest BCUT2D eigenvalue weighted by Gasteiger charge is 1.94. The molecule has 0 aromatic rings. The van der Waals surface area contributed by atoms with Crippen LogP contribution in [0.2, 0.25) is 0 Å². The molecule has 54 valence electrons. The molecule has 0 N–H and O–H groups in total. The lowest BCUT2D eigenvalue weighted by Crippen LogP contribution is -1.72. The van der Waals surface area contributed by atoms with E-state index in [0.29, 0.717) is 0 Å². The van der Waals surface area contributed by atoms with Gasteiger partial charge in [-0.1, -0.05) is 41.1 Å². The van der Waals surface area contributed by atoms with Crippen LogP contribution in [0, 0.1) is 0 Å². The molecule has 0 atom stereocenters. The lowest BCUT2D eigenvalue weighted by molar-refractivity contribution is 1.15. The van der Waals surface area contributed by atoms with Gasteiger partial charge in [-0.05, 0) is 29.0 Å². The maximum absolute atomic E-state index is 3.49. The van der Waals surface area contributed by atoms with Crippen molar-refractivity contribution in [2.24, 2.45) is 0 Å². The molecule has 0 unspecified atom stereocenters. The molecule has 0 radical (unpaired) electrons. The maximum atomic E-state index is 3.49. The molecule has 0 nitrogen and oxygen atoms in total. The molecule has 1 heteroatoms. The number of hydrogen-bond acceptors (Lipinski definition) is 0. The smallest absolute Gasteiger partial charge is 0.000885 e. The van der Waals surface area contributed by atoms with Crippen molar-refractivity contribution in [1.82, 2.24) is 0 Å². The molecule has 0 aromatic carbocycles. The van der Waals surface area contributed by atoms with Gasteiger partial charge in [-0.15, -0.1) is 0 Å². The molecule has 1 aliphatic rings. The predicted molar refractivity (Wildman–Crippen MR) is 49.1 cm³/mol. The van der Waals surface area contributed by atoms with Gasteiger partial charge in [0.2, 0.25) is 0 Å². The van der Waals surface area contributed by atoms with Crippen molar-refractivity contribution in [1.29, 1.82) is 0 Å². The third-order valence-corrected chi connectivity index (χ3v) is 2.06. The van der Waals surface area contributed by atoms with Gasteiger partial charge in [-0.25, -0.2) is 0 Å². The summed E-state index contributed by atoms with van der Waals surface area (Å²) in [5.41, 5.74) is 1.39. The lowest BCUT2D eigenvalue weighted by Gasteiger charge is -1.93. The van der Waals surface area contributed by atoms with Gasteiger partial charge in [-0.3, -0.25) is 0 Å². The fourth-order valence-electron chi connectivity index (χ4n) is 0.900. The highest BCUT2D eigenvalue weighted by molar-refractivity contribution is 9.11. The fraction of sp³-hybridized carbons (Fsp3) is 0.333. The van der Waals surface area contributed by atoms with E-state index in [1.165, 1.54) is 10.1 Å².